The van der Waals surface area contributed by atoms with Crippen molar-refractivity contribution < 1.29 is 27.4 Å². The fourth-order valence-corrected chi connectivity index (χ4v) is 2.54. The minimum Gasteiger partial charge on any atom is -0.444 e. The van der Waals surface area contributed by atoms with Crippen LogP contribution in [0.2, 0.25) is 0 Å². The molecule has 0 spiro atoms. The van der Waals surface area contributed by atoms with Gasteiger partial charge in [-0.25, -0.2) is 4.79 Å². The predicted molar refractivity (Wildman–Crippen MR) is 87.8 cm³/mol. The zero-order chi connectivity index (χ0) is 18.7. The van der Waals surface area contributed by atoms with Crippen molar-refractivity contribution in [3.63, 3.8) is 0 Å². The summed E-state index contributed by atoms with van der Waals surface area (Å²) in [5.74, 6) is -0.249. The van der Waals surface area contributed by atoms with Crippen LogP contribution in [0.5, 0.6) is 5.75 Å². The summed E-state index contributed by atoms with van der Waals surface area (Å²) in [5, 5.41) is 0. The Bertz CT molecular complexity index is 582. The van der Waals surface area contributed by atoms with Gasteiger partial charge in [0.25, 0.3) is 0 Å². The number of hydrogen-bond donors (Lipinski definition) is 0. The van der Waals surface area contributed by atoms with Gasteiger partial charge in [-0.1, -0.05) is 0 Å². The molecule has 1 aromatic carbocycles. The molecule has 0 unspecified atom stereocenters. The van der Waals surface area contributed by atoms with E-state index < -0.39 is 12.0 Å². The van der Waals surface area contributed by atoms with E-state index in [1.54, 1.807) is 17.0 Å². The molecule has 1 saturated heterocycles. The number of nitrogens with zero attached hydrogens (tertiary/aromatic N) is 2. The maximum atomic E-state index is 12.2. The first-order chi connectivity index (χ1) is 11.5. The third kappa shape index (κ3) is 6.36. The number of benzene rings is 1. The van der Waals surface area contributed by atoms with Crippen molar-refractivity contribution in [1.29, 1.82) is 0 Å². The molecule has 1 fully saturated rings. The van der Waals surface area contributed by atoms with E-state index in [9.17, 15) is 18.0 Å². The number of halogens is 3. The zero-order valence-corrected chi connectivity index (χ0v) is 14.6. The standard InChI is InChI=1S/C17H23F3N2O3/c1-16(2,3)25-15(23)22-10-4-9-21(11-12-22)13-5-7-14(8-6-13)24-17(18,19)20/h5-8H,4,9-12H2,1-3H3. The van der Waals surface area contributed by atoms with Gasteiger partial charge in [-0.15, -0.1) is 13.2 Å². The molecule has 0 atom stereocenters. The summed E-state index contributed by atoms with van der Waals surface area (Å²) in [6, 6.07) is 5.76. The third-order valence-corrected chi connectivity index (χ3v) is 3.58. The number of anilines is 1. The Morgan fingerprint density at radius 1 is 1.00 bits per heavy atom. The van der Waals surface area contributed by atoms with Crippen molar-refractivity contribution in [2.45, 2.75) is 39.2 Å². The Balaban J connectivity index is 1.95. The first kappa shape index (κ1) is 19.2. The highest BCUT2D eigenvalue weighted by Gasteiger charge is 2.31. The average Bonchev–Trinajstić information content (AvgIpc) is 2.70. The molecule has 140 valence electrons. The first-order valence-corrected chi connectivity index (χ1v) is 8.12. The monoisotopic (exact) mass is 360 g/mol. The second kappa shape index (κ2) is 7.41. The van der Waals surface area contributed by atoms with Crippen LogP contribution in [-0.2, 0) is 4.74 Å². The molecule has 0 radical (unpaired) electrons. The summed E-state index contributed by atoms with van der Waals surface area (Å²) in [6.07, 6.45) is -4.29. The maximum absolute atomic E-state index is 12.2. The zero-order valence-electron chi connectivity index (χ0n) is 14.6. The molecule has 1 heterocycles. The van der Waals surface area contributed by atoms with Gasteiger partial charge in [-0.2, -0.15) is 0 Å². The van der Waals surface area contributed by atoms with Crippen LogP contribution in [0.1, 0.15) is 27.2 Å². The summed E-state index contributed by atoms with van der Waals surface area (Å²) in [4.78, 5) is 15.8. The predicted octanol–water partition coefficient (Wildman–Crippen LogP) is 4.03. The van der Waals surface area contributed by atoms with Crippen LogP contribution < -0.4 is 9.64 Å². The molecule has 1 aliphatic heterocycles. The van der Waals surface area contributed by atoms with E-state index in [2.05, 4.69) is 4.74 Å². The molecule has 2 rings (SSSR count). The minimum absolute atomic E-state index is 0.249. The van der Waals surface area contributed by atoms with Crippen molar-refractivity contribution >= 4 is 11.8 Å². The Labute approximate surface area is 145 Å². The van der Waals surface area contributed by atoms with E-state index in [-0.39, 0.29) is 11.8 Å². The van der Waals surface area contributed by atoms with Crippen LogP contribution in [0, 0.1) is 0 Å². The minimum atomic E-state index is -4.70. The molecule has 0 saturated carbocycles. The lowest BCUT2D eigenvalue weighted by Gasteiger charge is -2.27. The lowest BCUT2D eigenvalue weighted by Crippen LogP contribution is -2.39. The lowest BCUT2D eigenvalue weighted by atomic mass is 10.2. The number of rotatable bonds is 2. The molecule has 1 amide bonds. The molecular formula is C17H23F3N2O3. The summed E-state index contributed by atoms with van der Waals surface area (Å²) < 4.78 is 45.9. The highest BCUT2D eigenvalue weighted by molar-refractivity contribution is 5.68. The number of amides is 1. The topological polar surface area (TPSA) is 42.0 Å². The second-order valence-corrected chi connectivity index (χ2v) is 6.85. The van der Waals surface area contributed by atoms with Gasteiger partial charge >= 0.3 is 12.5 Å². The fourth-order valence-electron chi connectivity index (χ4n) is 2.54. The van der Waals surface area contributed by atoms with Crippen LogP contribution in [-0.4, -0.2) is 49.1 Å². The number of carbonyl (C=O) groups excluding carboxylic acids is 1. The van der Waals surface area contributed by atoms with Gasteiger partial charge in [0, 0.05) is 31.9 Å². The van der Waals surface area contributed by atoms with E-state index in [4.69, 9.17) is 4.74 Å². The van der Waals surface area contributed by atoms with Crippen LogP contribution in [0.4, 0.5) is 23.7 Å². The molecule has 0 N–H and O–H groups in total. The van der Waals surface area contributed by atoms with Crippen molar-refractivity contribution in [2.75, 3.05) is 31.1 Å². The van der Waals surface area contributed by atoms with Gasteiger partial charge in [0.15, 0.2) is 0 Å². The van der Waals surface area contributed by atoms with Gasteiger partial charge < -0.3 is 19.3 Å². The Kier molecular flexibility index (Phi) is 5.69. The molecule has 0 bridgehead atoms. The summed E-state index contributed by atoms with van der Waals surface area (Å²) >= 11 is 0. The van der Waals surface area contributed by atoms with Crippen molar-refractivity contribution in [3.05, 3.63) is 24.3 Å². The first-order valence-electron chi connectivity index (χ1n) is 8.12. The van der Waals surface area contributed by atoms with Crippen molar-refractivity contribution in [1.82, 2.24) is 4.90 Å². The second-order valence-electron chi connectivity index (χ2n) is 6.85. The summed E-state index contributed by atoms with van der Waals surface area (Å²) in [5.41, 5.74) is 0.248. The number of ether oxygens (including phenoxy) is 2. The van der Waals surface area contributed by atoms with Crippen LogP contribution >= 0.6 is 0 Å². The molecule has 1 aliphatic rings. The summed E-state index contributed by atoms with van der Waals surface area (Å²) in [7, 11) is 0. The van der Waals surface area contributed by atoms with Gasteiger partial charge in [-0.3, -0.25) is 0 Å². The Morgan fingerprint density at radius 3 is 2.20 bits per heavy atom. The number of carbonyl (C=O) groups is 1. The van der Waals surface area contributed by atoms with E-state index in [1.165, 1.54) is 12.1 Å². The average molecular weight is 360 g/mol. The van der Waals surface area contributed by atoms with Crippen molar-refractivity contribution in [2.24, 2.45) is 0 Å². The van der Waals surface area contributed by atoms with Crippen LogP contribution in [0.25, 0.3) is 0 Å². The molecule has 25 heavy (non-hydrogen) atoms. The largest absolute Gasteiger partial charge is 0.573 e. The van der Waals surface area contributed by atoms with Gasteiger partial charge in [0.05, 0.1) is 0 Å². The van der Waals surface area contributed by atoms with Gasteiger partial charge in [-0.05, 0) is 51.5 Å². The van der Waals surface area contributed by atoms with Crippen LogP contribution in [0.3, 0.4) is 0 Å². The Hall–Kier alpha value is -2.12. The third-order valence-electron chi connectivity index (χ3n) is 3.58. The molecule has 1 aromatic rings. The van der Waals surface area contributed by atoms with Crippen LogP contribution in [0.15, 0.2) is 24.3 Å². The van der Waals surface area contributed by atoms with E-state index >= 15 is 0 Å². The smallest absolute Gasteiger partial charge is 0.444 e. The highest BCUT2D eigenvalue weighted by Crippen LogP contribution is 2.26. The number of hydrogen-bond acceptors (Lipinski definition) is 4. The van der Waals surface area contributed by atoms with Gasteiger partial charge in [0.2, 0.25) is 0 Å². The molecule has 8 heteroatoms. The maximum Gasteiger partial charge on any atom is 0.573 e. The normalized spacial score (nSPS) is 16.4. The van der Waals surface area contributed by atoms with E-state index in [1.807, 2.05) is 25.7 Å². The number of alkyl halides is 3. The van der Waals surface area contributed by atoms with Crippen molar-refractivity contribution in [3.8, 4) is 5.75 Å². The molecule has 0 aliphatic carbocycles. The fraction of sp³-hybridized carbons (Fsp3) is 0.588. The van der Waals surface area contributed by atoms with Gasteiger partial charge in [0.1, 0.15) is 11.4 Å². The lowest BCUT2D eigenvalue weighted by molar-refractivity contribution is -0.274. The molecule has 5 nitrogen and oxygen atoms in total. The molecule has 0 aromatic heterocycles. The summed E-state index contributed by atoms with van der Waals surface area (Å²) in [6.45, 7) is 7.83. The highest BCUT2D eigenvalue weighted by atomic mass is 19.4. The van der Waals surface area contributed by atoms with E-state index in [0.29, 0.717) is 26.2 Å². The quantitative estimate of drug-likeness (QED) is 0.799. The SMILES string of the molecule is CC(C)(C)OC(=O)N1CCCN(c2ccc(OC(F)(F)F)cc2)CC1. The Morgan fingerprint density at radius 2 is 1.64 bits per heavy atom. The molecular weight excluding hydrogens is 337 g/mol. The van der Waals surface area contributed by atoms with E-state index in [0.717, 1.165) is 12.1 Å².